The summed E-state index contributed by atoms with van der Waals surface area (Å²) >= 11 is 4.99. The molecule has 0 aliphatic rings. The number of amides is 1. The van der Waals surface area contributed by atoms with Gasteiger partial charge in [0.2, 0.25) is 5.91 Å². The first-order valence-corrected chi connectivity index (χ1v) is 8.74. The summed E-state index contributed by atoms with van der Waals surface area (Å²) in [5.41, 5.74) is 2.00. The molecule has 0 spiro atoms. The summed E-state index contributed by atoms with van der Waals surface area (Å²) in [6.07, 6.45) is 1.87. The van der Waals surface area contributed by atoms with Crippen molar-refractivity contribution >= 4 is 33.2 Å². The molecule has 0 aliphatic carbocycles. The fourth-order valence-electron chi connectivity index (χ4n) is 2.20. The fraction of sp³-hybridized carbons (Fsp3) is 0.176. The maximum absolute atomic E-state index is 12.0. The van der Waals surface area contributed by atoms with Crippen LogP contribution in [-0.4, -0.2) is 10.9 Å². The topological polar surface area (TPSA) is 55.1 Å². The first kappa shape index (κ1) is 16.0. The smallest absolute Gasteiger partial charge is 0.227 e. The lowest BCUT2D eigenvalue weighted by Gasteiger charge is -2.01. The van der Waals surface area contributed by atoms with Gasteiger partial charge in [-0.15, -0.1) is 11.3 Å². The van der Waals surface area contributed by atoms with E-state index in [0.29, 0.717) is 6.54 Å². The number of carbonyl (C=O) groups is 1. The van der Waals surface area contributed by atoms with E-state index in [1.165, 1.54) is 0 Å². The normalized spacial score (nSPS) is 10.7. The van der Waals surface area contributed by atoms with Crippen LogP contribution in [0.25, 0.3) is 11.3 Å². The second-order valence-electron chi connectivity index (χ2n) is 5.05. The minimum atomic E-state index is -0.0579. The van der Waals surface area contributed by atoms with E-state index in [4.69, 9.17) is 4.42 Å². The molecule has 2 aromatic heterocycles. The lowest BCUT2D eigenvalue weighted by molar-refractivity contribution is -0.120. The highest BCUT2D eigenvalue weighted by Gasteiger charge is 2.13. The van der Waals surface area contributed by atoms with Gasteiger partial charge in [0.25, 0.3) is 0 Å². The number of benzene rings is 1. The Bertz CT molecular complexity index is 795. The molecule has 118 valence electrons. The second kappa shape index (κ2) is 7.10. The molecule has 1 amide bonds. The number of rotatable bonds is 5. The van der Waals surface area contributed by atoms with Gasteiger partial charge in [-0.05, 0) is 31.2 Å². The van der Waals surface area contributed by atoms with Gasteiger partial charge in [0.1, 0.15) is 10.8 Å². The van der Waals surface area contributed by atoms with E-state index in [-0.39, 0.29) is 12.3 Å². The van der Waals surface area contributed by atoms with Crippen molar-refractivity contribution in [2.75, 3.05) is 0 Å². The molecular weight excluding hydrogens is 376 g/mol. The number of carbonyl (C=O) groups excluding carboxylic acids is 1. The van der Waals surface area contributed by atoms with Crippen LogP contribution in [0.4, 0.5) is 0 Å². The highest BCUT2D eigenvalue weighted by atomic mass is 79.9. The van der Waals surface area contributed by atoms with Crippen LogP contribution in [-0.2, 0) is 17.8 Å². The van der Waals surface area contributed by atoms with Crippen molar-refractivity contribution < 1.29 is 9.21 Å². The molecule has 2 heterocycles. The number of aryl methyl sites for hydroxylation is 1. The van der Waals surface area contributed by atoms with Gasteiger partial charge in [-0.1, -0.05) is 28.1 Å². The number of hydrogen-bond acceptors (Lipinski definition) is 4. The van der Waals surface area contributed by atoms with Crippen LogP contribution in [0.5, 0.6) is 0 Å². The summed E-state index contributed by atoms with van der Waals surface area (Å²) in [6, 6.07) is 11.7. The van der Waals surface area contributed by atoms with E-state index in [2.05, 4.69) is 26.2 Å². The molecule has 0 fully saturated rings. The predicted octanol–water partition coefficient (Wildman–Crippen LogP) is 4.33. The maximum Gasteiger partial charge on any atom is 0.227 e. The van der Waals surface area contributed by atoms with E-state index in [1.807, 2.05) is 37.3 Å². The Kier molecular flexibility index (Phi) is 4.93. The monoisotopic (exact) mass is 390 g/mol. The van der Waals surface area contributed by atoms with Gasteiger partial charge in [0.15, 0.2) is 0 Å². The van der Waals surface area contributed by atoms with Gasteiger partial charge in [-0.3, -0.25) is 4.79 Å². The highest BCUT2D eigenvalue weighted by molar-refractivity contribution is 9.10. The molecule has 0 aliphatic heterocycles. The fourth-order valence-corrected chi connectivity index (χ4v) is 3.42. The lowest BCUT2D eigenvalue weighted by Crippen LogP contribution is -2.24. The van der Waals surface area contributed by atoms with E-state index in [0.717, 1.165) is 31.4 Å². The van der Waals surface area contributed by atoms with Crippen molar-refractivity contribution in [3.05, 3.63) is 62.8 Å². The summed E-state index contributed by atoms with van der Waals surface area (Å²) in [5, 5.41) is 3.65. The van der Waals surface area contributed by atoms with Gasteiger partial charge < -0.3 is 9.73 Å². The molecule has 1 N–H and O–H groups in total. The van der Waals surface area contributed by atoms with Gasteiger partial charge in [0.05, 0.1) is 24.9 Å². The Labute approximate surface area is 146 Å². The third-order valence-electron chi connectivity index (χ3n) is 3.31. The third-order valence-corrected chi connectivity index (χ3v) is 4.81. The Morgan fingerprint density at radius 1 is 1.30 bits per heavy atom. The quantitative estimate of drug-likeness (QED) is 0.704. The molecule has 23 heavy (non-hydrogen) atoms. The van der Waals surface area contributed by atoms with E-state index in [1.54, 1.807) is 23.7 Å². The van der Waals surface area contributed by atoms with E-state index >= 15 is 0 Å². The summed E-state index contributed by atoms with van der Waals surface area (Å²) in [6.45, 7) is 2.43. The molecule has 3 aromatic rings. The van der Waals surface area contributed by atoms with Crippen molar-refractivity contribution in [1.29, 1.82) is 0 Å². The molecule has 0 saturated carbocycles. The summed E-state index contributed by atoms with van der Waals surface area (Å²) in [4.78, 5) is 17.7. The largest absolute Gasteiger partial charge is 0.467 e. The molecule has 3 rings (SSSR count). The summed E-state index contributed by atoms with van der Waals surface area (Å²) in [5.74, 6) is 0.682. The second-order valence-corrected chi connectivity index (χ2v) is 7.26. The zero-order valence-electron chi connectivity index (χ0n) is 12.5. The predicted molar refractivity (Wildman–Crippen MR) is 94.2 cm³/mol. The molecule has 0 radical (unpaired) electrons. The average Bonchev–Trinajstić information content (AvgIpc) is 3.16. The first-order valence-electron chi connectivity index (χ1n) is 7.13. The van der Waals surface area contributed by atoms with E-state index < -0.39 is 0 Å². The van der Waals surface area contributed by atoms with Crippen LogP contribution < -0.4 is 5.32 Å². The van der Waals surface area contributed by atoms with Gasteiger partial charge in [-0.2, -0.15) is 0 Å². The van der Waals surface area contributed by atoms with Gasteiger partial charge in [-0.25, -0.2) is 4.98 Å². The average molecular weight is 391 g/mol. The number of nitrogens with zero attached hydrogens (tertiary/aromatic N) is 1. The Hall–Kier alpha value is -1.92. The molecule has 4 nitrogen and oxygen atoms in total. The molecular formula is C17H15BrN2O2S. The number of aromatic nitrogens is 1. The van der Waals surface area contributed by atoms with Crippen LogP contribution in [0, 0.1) is 6.92 Å². The Morgan fingerprint density at radius 3 is 2.78 bits per heavy atom. The summed E-state index contributed by atoms with van der Waals surface area (Å²) < 4.78 is 6.23. The minimum Gasteiger partial charge on any atom is -0.467 e. The summed E-state index contributed by atoms with van der Waals surface area (Å²) in [7, 11) is 0. The van der Waals surface area contributed by atoms with Crippen molar-refractivity contribution in [1.82, 2.24) is 10.3 Å². The van der Waals surface area contributed by atoms with Crippen LogP contribution in [0.15, 0.2) is 51.6 Å². The van der Waals surface area contributed by atoms with Crippen molar-refractivity contribution in [2.45, 2.75) is 19.9 Å². The Morgan fingerprint density at radius 2 is 2.09 bits per heavy atom. The van der Waals surface area contributed by atoms with Crippen LogP contribution in [0.3, 0.4) is 0 Å². The molecule has 0 atom stereocenters. The standard InChI is InChI=1S/C17H15BrN2O2S/c1-11-17(12-4-6-13(18)7-5-12)20-16(23-11)9-15(21)19-10-14-3-2-8-22-14/h2-8H,9-10H2,1H3,(H,19,21). The Balaban J connectivity index is 1.66. The zero-order valence-corrected chi connectivity index (χ0v) is 14.9. The van der Waals surface area contributed by atoms with Crippen LogP contribution in [0.1, 0.15) is 15.6 Å². The zero-order chi connectivity index (χ0) is 16.2. The molecule has 6 heteroatoms. The van der Waals surface area contributed by atoms with E-state index in [9.17, 15) is 4.79 Å². The van der Waals surface area contributed by atoms with Gasteiger partial charge in [0, 0.05) is 14.9 Å². The maximum atomic E-state index is 12.0. The molecule has 0 saturated heterocycles. The van der Waals surface area contributed by atoms with Crippen LogP contribution in [0.2, 0.25) is 0 Å². The third kappa shape index (κ3) is 4.09. The van der Waals surface area contributed by atoms with Crippen molar-refractivity contribution in [3.8, 4) is 11.3 Å². The van der Waals surface area contributed by atoms with Crippen molar-refractivity contribution in [3.63, 3.8) is 0 Å². The number of hydrogen-bond donors (Lipinski definition) is 1. The SMILES string of the molecule is Cc1sc(CC(=O)NCc2ccco2)nc1-c1ccc(Br)cc1. The van der Waals surface area contributed by atoms with Crippen molar-refractivity contribution in [2.24, 2.45) is 0 Å². The highest BCUT2D eigenvalue weighted by Crippen LogP contribution is 2.28. The lowest BCUT2D eigenvalue weighted by atomic mass is 10.1. The van der Waals surface area contributed by atoms with Crippen LogP contribution >= 0.6 is 27.3 Å². The number of thiazole rings is 1. The van der Waals surface area contributed by atoms with Gasteiger partial charge >= 0.3 is 0 Å². The first-order chi connectivity index (χ1) is 11.1. The number of nitrogens with one attached hydrogen (secondary N) is 1. The molecule has 0 bridgehead atoms. The molecule has 1 aromatic carbocycles. The number of furan rings is 1. The minimum absolute atomic E-state index is 0.0579. The molecule has 0 unspecified atom stereocenters. The number of halogens is 1.